The summed E-state index contributed by atoms with van der Waals surface area (Å²) >= 11 is 1.83. The summed E-state index contributed by atoms with van der Waals surface area (Å²) in [4.78, 5) is 8.75. The molecule has 5 heteroatoms. The first kappa shape index (κ1) is 18.8. The normalized spacial score (nSPS) is 14.9. The van der Waals surface area contributed by atoms with Gasteiger partial charge in [-0.2, -0.15) is 0 Å². The smallest absolute Gasteiger partial charge is 0.0923 e. The van der Waals surface area contributed by atoms with Crippen LogP contribution >= 0.6 is 11.3 Å². The minimum absolute atomic E-state index is 1.05. The fraction of sp³-hybridized carbons (Fsp3) is 0.269. The van der Waals surface area contributed by atoms with E-state index in [4.69, 9.17) is 4.98 Å². The Morgan fingerprint density at radius 2 is 1.77 bits per heavy atom. The van der Waals surface area contributed by atoms with E-state index < -0.39 is 0 Å². The Morgan fingerprint density at radius 1 is 0.935 bits per heavy atom. The van der Waals surface area contributed by atoms with Gasteiger partial charge in [0.2, 0.25) is 0 Å². The summed E-state index contributed by atoms with van der Waals surface area (Å²) in [7, 11) is 4.33. The summed E-state index contributed by atoms with van der Waals surface area (Å²) in [6.07, 6.45) is 4.24. The molecule has 0 amide bonds. The average molecular weight is 427 g/mol. The van der Waals surface area contributed by atoms with Gasteiger partial charge in [-0.1, -0.05) is 6.07 Å². The van der Waals surface area contributed by atoms with Gasteiger partial charge < -0.3 is 14.0 Å². The zero-order valence-electron chi connectivity index (χ0n) is 18.2. The summed E-state index contributed by atoms with van der Waals surface area (Å²) in [5, 5.41) is 3.51. The number of pyridine rings is 1. The number of benzene rings is 1. The second-order valence-electron chi connectivity index (χ2n) is 8.72. The lowest BCUT2D eigenvalue weighted by molar-refractivity contribution is 0.351. The summed E-state index contributed by atoms with van der Waals surface area (Å²) in [5.41, 5.74) is 10.2. The molecule has 0 saturated heterocycles. The molecule has 4 nitrogen and oxygen atoms in total. The van der Waals surface area contributed by atoms with Gasteiger partial charge in [0.25, 0.3) is 0 Å². The topological polar surface area (TPSA) is 26.0 Å². The summed E-state index contributed by atoms with van der Waals surface area (Å²) in [5.74, 6) is 0. The Bertz CT molecular complexity index is 1430. The first-order valence-corrected chi connectivity index (χ1v) is 11.8. The summed E-state index contributed by atoms with van der Waals surface area (Å²) in [6, 6.07) is 15.7. The SMILES string of the molecule is Cc1ccc2c(n1)c1c(n2-c2ccsc2-c2ccc3c(ccn3C)c2)CCN(C)CC1. The number of hydrogen-bond donors (Lipinski definition) is 0. The fourth-order valence-electron chi connectivity index (χ4n) is 5.00. The number of hydrogen-bond acceptors (Lipinski definition) is 3. The first-order chi connectivity index (χ1) is 15.1. The molecule has 0 unspecified atom stereocenters. The molecule has 4 aromatic heterocycles. The fourth-order valence-corrected chi connectivity index (χ4v) is 5.87. The molecule has 0 atom stereocenters. The molecule has 156 valence electrons. The molecule has 0 fully saturated rings. The second-order valence-corrected chi connectivity index (χ2v) is 9.64. The van der Waals surface area contributed by atoms with Gasteiger partial charge in [0, 0.05) is 60.6 Å². The Morgan fingerprint density at radius 3 is 2.68 bits per heavy atom. The van der Waals surface area contributed by atoms with Crippen molar-refractivity contribution in [1.29, 1.82) is 0 Å². The van der Waals surface area contributed by atoms with Crippen LogP contribution in [0.1, 0.15) is 17.0 Å². The first-order valence-electron chi connectivity index (χ1n) is 10.9. The highest BCUT2D eigenvalue weighted by Crippen LogP contribution is 2.39. The van der Waals surface area contributed by atoms with E-state index in [2.05, 4.69) is 89.1 Å². The number of nitrogens with zero attached hydrogens (tertiary/aromatic N) is 4. The molecular weight excluding hydrogens is 400 g/mol. The third kappa shape index (κ3) is 2.95. The van der Waals surface area contributed by atoms with Crippen LogP contribution in [-0.2, 0) is 19.9 Å². The third-order valence-corrected chi connectivity index (χ3v) is 7.62. The number of aryl methyl sites for hydroxylation is 2. The van der Waals surface area contributed by atoms with Crippen molar-refractivity contribution in [3.63, 3.8) is 0 Å². The van der Waals surface area contributed by atoms with Crippen LogP contribution in [0.2, 0.25) is 0 Å². The zero-order valence-corrected chi connectivity index (χ0v) is 19.0. The molecule has 0 radical (unpaired) electrons. The van der Waals surface area contributed by atoms with Gasteiger partial charge in [-0.05, 0) is 67.7 Å². The molecule has 31 heavy (non-hydrogen) atoms. The van der Waals surface area contributed by atoms with E-state index in [-0.39, 0.29) is 0 Å². The molecule has 1 aliphatic rings. The van der Waals surface area contributed by atoms with Crippen molar-refractivity contribution in [3.8, 4) is 16.1 Å². The number of thiophene rings is 1. The van der Waals surface area contributed by atoms with E-state index >= 15 is 0 Å². The molecule has 0 bridgehead atoms. The van der Waals surface area contributed by atoms with Crippen LogP contribution in [0, 0.1) is 6.92 Å². The molecule has 0 N–H and O–H groups in total. The quantitative estimate of drug-likeness (QED) is 0.368. The van der Waals surface area contributed by atoms with Crippen LogP contribution in [-0.4, -0.2) is 39.2 Å². The van der Waals surface area contributed by atoms with E-state index in [1.807, 2.05) is 11.3 Å². The number of rotatable bonds is 2. The third-order valence-electron chi connectivity index (χ3n) is 6.66. The number of fused-ring (bicyclic) bond motifs is 4. The highest BCUT2D eigenvalue weighted by molar-refractivity contribution is 7.14. The van der Waals surface area contributed by atoms with Crippen molar-refractivity contribution in [3.05, 3.63) is 71.0 Å². The van der Waals surface area contributed by atoms with Gasteiger partial charge in [0.05, 0.1) is 21.6 Å². The van der Waals surface area contributed by atoms with Crippen molar-refractivity contribution in [2.75, 3.05) is 20.1 Å². The molecule has 0 saturated carbocycles. The molecule has 1 aromatic carbocycles. The average Bonchev–Trinajstić information content (AvgIpc) is 3.42. The zero-order chi connectivity index (χ0) is 21.1. The summed E-state index contributed by atoms with van der Waals surface area (Å²) < 4.78 is 4.68. The molecular formula is C26H26N4S. The van der Waals surface area contributed by atoms with Crippen molar-refractivity contribution in [1.82, 2.24) is 19.0 Å². The maximum Gasteiger partial charge on any atom is 0.0923 e. The van der Waals surface area contributed by atoms with E-state index in [0.29, 0.717) is 0 Å². The van der Waals surface area contributed by atoms with Crippen LogP contribution < -0.4 is 0 Å². The maximum absolute atomic E-state index is 4.99. The largest absolute Gasteiger partial charge is 0.351 e. The predicted octanol–water partition coefficient (Wildman–Crippen LogP) is 5.58. The van der Waals surface area contributed by atoms with E-state index in [1.54, 1.807) is 0 Å². The maximum atomic E-state index is 4.99. The minimum atomic E-state index is 1.05. The monoisotopic (exact) mass is 426 g/mol. The van der Waals surface area contributed by atoms with E-state index in [9.17, 15) is 0 Å². The van der Waals surface area contributed by atoms with Gasteiger partial charge >= 0.3 is 0 Å². The lowest BCUT2D eigenvalue weighted by Gasteiger charge is -2.15. The molecule has 0 spiro atoms. The van der Waals surface area contributed by atoms with Crippen LogP contribution in [0.3, 0.4) is 0 Å². The highest BCUT2D eigenvalue weighted by Gasteiger charge is 2.24. The van der Waals surface area contributed by atoms with Gasteiger partial charge in [-0.3, -0.25) is 4.98 Å². The Hall–Kier alpha value is -2.89. The molecule has 1 aliphatic heterocycles. The molecule has 5 heterocycles. The Balaban J connectivity index is 1.59. The lowest BCUT2D eigenvalue weighted by atomic mass is 10.1. The van der Waals surface area contributed by atoms with Crippen LogP contribution in [0.5, 0.6) is 0 Å². The molecule has 6 rings (SSSR count). The standard InChI is InChI=1S/C26H26N4S/c1-17-4-6-23-25(27-17)20-9-12-28(2)13-10-22(20)30(23)24-11-15-31-26(24)19-5-7-21-18(16-19)8-14-29(21)3/h4-8,11,14-16H,9-10,12-13H2,1-3H3. The van der Waals surface area contributed by atoms with Gasteiger partial charge in [-0.15, -0.1) is 11.3 Å². The van der Waals surface area contributed by atoms with Gasteiger partial charge in [0.1, 0.15) is 0 Å². The molecule has 0 aliphatic carbocycles. The van der Waals surface area contributed by atoms with Crippen LogP contribution in [0.15, 0.2) is 54.0 Å². The van der Waals surface area contributed by atoms with Gasteiger partial charge in [-0.25, -0.2) is 0 Å². The van der Waals surface area contributed by atoms with Crippen LogP contribution in [0.4, 0.5) is 0 Å². The molecule has 5 aromatic rings. The number of aromatic nitrogens is 3. The van der Waals surface area contributed by atoms with Crippen LogP contribution in [0.25, 0.3) is 38.1 Å². The lowest BCUT2D eigenvalue weighted by Crippen LogP contribution is -2.21. The van der Waals surface area contributed by atoms with Crippen molar-refractivity contribution in [2.24, 2.45) is 7.05 Å². The van der Waals surface area contributed by atoms with E-state index in [0.717, 1.165) is 31.6 Å². The van der Waals surface area contributed by atoms with Gasteiger partial charge in [0.15, 0.2) is 0 Å². The van der Waals surface area contributed by atoms with Crippen molar-refractivity contribution < 1.29 is 0 Å². The summed E-state index contributed by atoms with van der Waals surface area (Å²) in [6.45, 7) is 4.26. The van der Waals surface area contributed by atoms with E-state index in [1.165, 1.54) is 49.3 Å². The second kappa shape index (κ2) is 7.08. The Kier molecular flexibility index (Phi) is 4.30. The minimum Gasteiger partial charge on any atom is -0.351 e. The van der Waals surface area contributed by atoms with Crippen molar-refractivity contribution >= 4 is 33.3 Å². The van der Waals surface area contributed by atoms with Crippen molar-refractivity contribution in [2.45, 2.75) is 19.8 Å². The highest BCUT2D eigenvalue weighted by atomic mass is 32.1. The predicted molar refractivity (Wildman–Crippen MR) is 131 cm³/mol. The Labute approximate surface area is 186 Å². The number of likely N-dealkylation sites (N-methyl/N-ethyl adjacent to an activating group) is 1.